The number of hydrogen-bond acceptors (Lipinski definition) is 6. The van der Waals surface area contributed by atoms with Crippen LogP contribution < -0.4 is 0 Å². The number of unbranched alkanes of at least 4 members (excludes halogenated alkanes) is 8. The Labute approximate surface area is 208 Å². The molecule has 1 rings (SSSR count). The van der Waals surface area contributed by atoms with Crippen molar-refractivity contribution < 1.29 is 28.5 Å². The summed E-state index contributed by atoms with van der Waals surface area (Å²) >= 11 is 0. The Kier molecular flexibility index (Phi) is 17.8. The van der Waals surface area contributed by atoms with E-state index in [1.54, 1.807) is 0 Å². The van der Waals surface area contributed by atoms with Crippen molar-refractivity contribution >= 4 is 12.3 Å². The van der Waals surface area contributed by atoms with Crippen LogP contribution in [0.4, 0.5) is 9.59 Å². The lowest BCUT2D eigenvalue weighted by Crippen LogP contribution is -2.32. The van der Waals surface area contributed by atoms with E-state index in [2.05, 4.69) is 27.7 Å². The van der Waals surface area contributed by atoms with Crippen LogP contribution in [0.25, 0.3) is 0 Å². The van der Waals surface area contributed by atoms with Crippen LogP contribution in [-0.2, 0) is 18.9 Å². The minimum Gasteiger partial charge on any atom is -0.434 e. The predicted molar refractivity (Wildman–Crippen MR) is 136 cm³/mol. The second-order valence-corrected chi connectivity index (χ2v) is 10.7. The van der Waals surface area contributed by atoms with Gasteiger partial charge in [0.05, 0.1) is 13.2 Å². The molecule has 1 aliphatic carbocycles. The van der Waals surface area contributed by atoms with E-state index < -0.39 is 12.3 Å². The minimum atomic E-state index is -0.610. The van der Waals surface area contributed by atoms with E-state index in [-0.39, 0.29) is 12.2 Å². The van der Waals surface area contributed by atoms with Crippen LogP contribution in [-0.4, -0.2) is 37.7 Å². The Hall–Kier alpha value is -1.46. The summed E-state index contributed by atoms with van der Waals surface area (Å²) in [6.07, 6.45) is 15.0. The molecule has 1 aliphatic rings. The topological polar surface area (TPSA) is 71.1 Å². The summed E-state index contributed by atoms with van der Waals surface area (Å²) < 4.78 is 21.3. The largest absolute Gasteiger partial charge is 0.508 e. The lowest BCUT2D eigenvalue weighted by molar-refractivity contribution is -0.0350. The first-order valence-electron chi connectivity index (χ1n) is 14.0. The van der Waals surface area contributed by atoms with E-state index in [0.29, 0.717) is 19.6 Å². The van der Waals surface area contributed by atoms with Crippen molar-refractivity contribution in [1.29, 1.82) is 0 Å². The van der Waals surface area contributed by atoms with Crippen molar-refractivity contribution in [3.8, 4) is 0 Å². The second kappa shape index (κ2) is 19.8. The SMILES string of the molecule is CC(C)CCCCCCCOC(=O)OC1CCCC(OC(=O)OCCCCCCCC(C)C)C1. The molecule has 0 N–H and O–H groups in total. The second-order valence-electron chi connectivity index (χ2n) is 10.7. The number of ether oxygens (including phenoxy) is 4. The van der Waals surface area contributed by atoms with Gasteiger partial charge in [0.1, 0.15) is 12.2 Å². The maximum atomic E-state index is 12.0. The smallest absolute Gasteiger partial charge is 0.434 e. The molecule has 0 saturated heterocycles. The molecule has 0 amide bonds. The fraction of sp³-hybridized carbons (Fsp3) is 0.929. The maximum Gasteiger partial charge on any atom is 0.508 e. The summed E-state index contributed by atoms with van der Waals surface area (Å²) in [6.45, 7) is 9.82. The van der Waals surface area contributed by atoms with Gasteiger partial charge in [-0.05, 0) is 43.9 Å². The van der Waals surface area contributed by atoms with Crippen LogP contribution in [0.2, 0.25) is 0 Å². The molecule has 200 valence electrons. The normalized spacial score (nSPS) is 18.2. The Balaban J connectivity index is 2.03. The van der Waals surface area contributed by atoms with Crippen LogP contribution in [0, 0.1) is 11.8 Å². The van der Waals surface area contributed by atoms with Crippen LogP contribution in [0.3, 0.4) is 0 Å². The van der Waals surface area contributed by atoms with Crippen LogP contribution in [0.5, 0.6) is 0 Å². The maximum absolute atomic E-state index is 12.0. The highest BCUT2D eigenvalue weighted by atomic mass is 16.7. The van der Waals surface area contributed by atoms with Crippen molar-refractivity contribution in [1.82, 2.24) is 0 Å². The van der Waals surface area contributed by atoms with E-state index in [4.69, 9.17) is 18.9 Å². The molecule has 2 unspecified atom stereocenters. The van der Waals surface area contributed by atoms with Gasteiger partial charge in [-0.3, -0.25) is 0 Å². The van der Waals surface area contributed by atoms with E-state index in [1.807, 2.05) is 0 Å². The lowest BCUT2D eigenvalue weighted by atomic mass is 9.95. The van der Waals surface area contributed by atoms with Gasteiger partial charge in [0.25, 0.3) is 0 Å². The zero-order valence-corrected chi connectivity index (χ0v) is 22.5. The van der Waals surface area contributed by atoms with Crippen molar-refractivity contribution in [3.05, 3.63) is 0 Å². The number of carbonyl (C=O) groups is 2. The summed E-state index contributed by atoms with van der Waals surface area (Å²) in [5.41, 5.74) is 0. The lowest BCUT2D eigenvalue weighted by Gasteiger charge is -2.28. The van der Waals surface area contributed by atoms with Gasteiger partial charge in [-0.15, -0.1) is 0 Å². The summed E-state index contributed by atoms with van der Waals surface area (Å²) in [7, 11) is 0. The van der Waals surface area contributed by atoms with Gasteiger partial charge in [0.2, 0.25) is 0 Å². The molecule has 0 aromatic rings. The highest BCUT2D eigenvalue weighted by Gasteiger charge is 2.28. The summed E-state index contributed by atoms with van der Waals surface area (Å²) in [6, 6.07) is 0. The van der Waals surface area contributed by atoms with Crippen LogP contribution >= 0.6 is 0 Å². The highest BCUT2D eigenvalue weighted by Crippen LogP contribution is 2.24. The summed E-state index contributed by atoms with van der Waals surface area (Å²) in [5.74, 6) is 1.54. The zero-order chi connectivity index (χ0) is 25.0. The quantitative estimate of drug-likeness (QED) is 0.143. The average Bonchev–Trinajstić information content (AvgIpc) is 2.77. The molecule has 0 spiro atoms. The third kappa shape index (κ3) is 17.9. The van der Waals surface area contributed by atoms with Gasteiger partial charge < -0.3 is 18.9 Å². The Morgan fingerprint density at radius 2 is 1.00 bits per heavy atom. The molecule has 0 aliphatic heterocycles. The zero-order valence-electron chi connectivity index (χ0n) is 22.5. The van der Waals surface area contributed by atoms with Gasteiger partial charge in [0, 0.05) is 6.42 Å². The Bertz CT molecular complexity index is 475. The first-order chi connectivity index (χ1) is 16.4. The van der Waals surface area contributed by atoms with Gasteiger partial charge in [-0.25, -0.2) is 9.59 Å². The molecule has 0 bridgehead atoms. The van der Waals surface area contributed by atoms with E-state index in [9.17, 15) is 9.59 Å². The van der Waals surface area contributed by atoms with Gasteiger partial charge >= 0.3 is 12.3 Å². The van der Waals surface area contributed by atoms with Gasteiger partial charge in [-0.2, -0.15) is 0 Å². The molecule has 0 heterocycles. The van der Waals surface area contributed by atoms with Crippen molar-refractivity contribution in [2.75, 3.05) is 13.2 Å². The molecule has 1 saturated carbocycles. The standard InChI is InChI=1S/C28H52O6/c1-23(2)16-11-7-5-9-13-20-31-27(29)33-25-18-15-19-26(22-25)34-28(30)32-21-14-10-6-8-12-17-24(3)4/h23-26H,5-22H2,1-4H3. The van der Waals surface area contributed by atoms with E-state index >= 15 is 0 Å². The van der Waals surface area contributed by atoms with Gasteiger partial charge in [0.15, 0.2) is 0 Å². The van der Waals surface area contributed by atoms with E-state index in [1.165, 1.54) is 51.4 Å². The number of carbonyl (C=O) groups excluding carboxylic acids is 2. The third-order valence-corrected chi connectivity index (χ3v) is 6.40. The average molecular weight is 485 g/mol. The van der Waals surface area contributed by atoms with Crippen molar-refractivity contribution in [2.24, 2.45) is 11.8 Å². The summed E-state index contributed by atoms with van der Waals surface area (Å²) in [4.78, 5) is 24.0. The van der Waals surface area contributed by atoms with Crippen molar-refractivity contribution in [3.63, 3.8) is 0 Å². The molecule has 0 aromatic carbocycles. The Morgan fingerprint density at radius 3 is 1.41 bits per heavy atom. The first-order valence-corrected chi connectivity index (χ1v) is 14.0. The first kappa shape index (κ1) is 30.6. The van der Waals surface area contributed by atoms with Crippen molar-refractivity contribution in [2.45, 2.75) is 143 Å². The molecule has 6 nitrogen and oxygen atoms in total. The molecular weight excluding hydrogens is 432 g/mol. The van der Waals surface area contributed by atoms with Gasteiger partial charge in [-0.1, -0.05) is 91.9 Å². The molecule has 0 radical (unpaired) electrons. The van der Waals surface area contributed by atoms with Crippen LogP contribution in [0.15, 0.2) is 0 Å². The molecule has 1 fully saturated rings. The summed E-state index contributed by atoms with van der Waals surface area (Å²) in [5, 5.41) is 0. The predicted octanol–water partition coefficient (Wildman–Crippen LogP) is 8.60. The fourth-order valence-electron chi connectivity index (χ4n) is 4.34. The number of rotatable bonds is 18. The van der Waals surface area contributed by atoms with Crippen LogP contribution in [0.1, 0.15) is 130 Å². The Morgan fingerprint density at radius 1 is 0.618 bits per heavy atom. The molecule has 6 heteroatoms. The highest BCUT2D eigenvalue weighted by molar-refractivity contribution is 5.60. The third-order valence-electron chi connectivity index (χ3n) is 6.40. The van der Waals surface area contributed by atoms with E-state index in [0.717, 1.165) is 56.8 Å². The molecule has 34 heavy (non-hydrogen) atoms. The molecule has 2 atom stereocenters. The molecular formula is C28H52O6. The monoisotopic (exact) mass is 484 g/mol. The fourth-order valence-corrected chi connectivity index (χ4v) is 4.34. The number of hydrogen-bond donors (Lipinski definition) is 0. The molecule has 0 aromatic heterocycles. The minimum absolute atomic E-state index is 0.263.